The van der Waals surface area contributed by atoms with Crippen molar-refractivity contribution in [3.63, 3.8) is 0 Å². The minimum atomic E-state index is 1.05. The van der Waals surface area contributed by atoms with Crippen LogP contribution in [0.5, 0.6) is 0 Å². The van der Waals surface area contributed by atoms with Crippen LogP contribution in [0, 0.1) is 19.1 Å². The van der Waals surface area contributed by atoms with E-state index in [1.54, 1.807) is 0 Å². The third-order valence-electron chi connectivity index (χ3n) is 12.2. The molecule has 61 heavy (non-hydrogen) atoms. The zero-order valence-corrected chi connectivity index (χ0v) is 33.8. The predicted molar refractivity (Wildman–Crippen MR) is 259 cm³/mol. The van der Waals surface area contributed by atoms with Crippen molar-refractivity contribution < 1.29 is 0 Å². The number of nitrogens with zero attached hydrogens (tertiary/aromatic N) is 2. The third kappa shape index (κ3) is 6.15. The van der Waals surface area contributed by atoms with Gasteiger partial charge in [-0.1, -0.05) is 170 Å². The molecule has 0 fully saturated rings. The summed E-state index contributed by atoms with van der Waals surface area (Å²) in [4.78, 5) is 2.43. The Kier molecular flexibility index (Phi) is 8.80. The van der Waals surface area contributed by atoms with Gasteiger partial charge in [-0.25, -0.2) is 0 Å². The Hall–Kier alpha value is -8.12. The first kappa shape index (κ1) is 36.0. The molecule has 0 aliphatic heterocycles. The average Bonchev–Trinajstić information content (AvgIpc) is 3.62. The van der Waals surface area contributed by atoms with Crippen LogP contribution in [0.4, 0.5) is 17.1 Å². The van der Waals surface area contributed by atoms with E-state index >= 15 is 0 Å². The molecule has 1 heterocycles. The predicted octanol–water partition coefficient (Wildman–Crippen LogP) is 16.1. The SMILES string of the molecule is C=Cc1c(C)n(-c2cccc(-c3ccc(N(c4ccccc4-c4cccc5ccc#cc45)c4ccc(-c5ccc6ccccc6c5)c5ccccc45)cc3)c2)c2ccccc12. The Bertz CT molecular complexity index is 3450. The van der Waals surface area contributed by atoms with Gasteiger partial charge in [0.2, 0.25) is 0 Å². The highest BCUT2D eigenvalue weighted by molar-refractivity contribution is 6.09. The molecule has 0 aliphatic rings. The van der Waals surface area contributed by atoms with Gasteiger partial charge in [0.1, 0.15) is 0 Å². The molecular weight excluding hydrogens is 737 g/mol. The number of hydrogen-bond donors (Lipinski definition) is 0. The van der Waals surface area contributed by atoms with Crippen LogP contribution in [0.2, 0.25) is 0 Å². The molecular formula is C59H40N2. The second-order valence-electron chi connectivity index (χ2n) is 15.6. The molecule has 0 bridgehead atoms. The van der Waals surface area contributed by atoms with Crippen LogP contribution in [0.25, 0.3) is 88.4 Å². The van der Waals surface area contributed by atoms with E-state index in [1.807, 2.05) is 12.1 Å². The molecule has 0 radical (unpaired) electrons. The van der Waals surface area contributed by atoms with Crippen LogP contribution < -0.4 is 4.90 Å². The lowest BCUT2D eigenvalue weighted by molar-refractivity contribution is 1.05. The van der Waals surface area contributed by atoms with Crippen LogP contribution in [0.3, 0.4) is 0 Å². The van der Waals surface area contributed by atoms with Gasteiger partial charge in [0.25, 0.3) is 0 Å². The molecule has 0 amide bonds. The highest BCUT2D eigenvalue weighted by Crippen LogP contribution is 2.46. The first-order valence-electron chi connectivity index (χ1n) is 20.8. The smallest absolute Gasteiger partial charge is 0.0540 e. The van der Waals surface area contributed by atoms with Crippen molar-refractivity contribution >= 4 is 66.4 Å². The van der Waals surface area contributed by atoms with Gasteiger partial charge in [-0.05, 0) is 111 Å². The largest absolute Gasteiger partial charge is 0.313 e. The second kappa shape index (κ2) is 14.9. The highest BCUT2D eigenvalue weighted by Gasteiger charge is 2.22. The maximum atomic E-state index is 4.14. The molecule has 0 atom stereocenters. The van der Waals surface area contributed by atoms with Crippen molar-refractivity contribution in [2.45, 2.75) is 6.92 Å². The van der Waals surface area contributed by atoms with Gasteiger partial charge in [-0.15, -0.1) is 0 Å². The summed E-state index contributed by atoms with van der Waals surface area (Å²) in [6.45, 7) is 6.32. The van der Waals surface area contributed by atoms with Crippen LogP contribution in [0.1, 0.15) is 11.3 Å². The molecule has 0 spiro atoms. The van der Waals surface area contributed by atoms with Gasteiger partial charge in [-0.3, -0.25) is 0 Å². The fourth-order valence-electron chi connectivity index (χ4n) is 9.32. The van der Waals surface area contributed by atoms with Crippen molar-refractivity contribution in [3.8, 4) is 39.1 Å². The lowest BCUT2D eigenvalue weighted by Gasteiger charge is -2.30. The number of fused-ring (bicyclic) bond motifs is 4. The third-order valence-corrected chi connectivity index (χ3v) is 12.2. The highest BCUT2D eigenvalue weighted by atomic mass is 15.1. The van der Waals surface area contributed by atoms with Crippen LogP contribution in [-0.4, -0.2) is 4.57 Å². The molecule has 0 N–H and O–H groups in total. The van der Waals surface area contributed by atoms with E-state index in [2.05, 4.69) is 235 Å². The molecule has 1 aromatic heterocycles. The molecule has 0 aliphatic carbocycles. The van der Waals surface area contributed by atoms with E-state index in [1.165, 1.54) is 54.8 Å². The first-order valence-corrected chi connectivity index (χ1v) is 20.8. The molecule has 2 nitrogen and oxygen atoms in total. The van der Waals surface area contributed by atoms with E-state index in [0.717, 1.165) is 55.8 Å². The normalized spacial score (nSPS) is 11.3. The van der Waals surface area contributed by atoms with Crippen LogP contribution in [-0.2, 0) is 0 Å². The zero-order valence-electron chi connectivity index (χ0n) is 33.8. The summed E-state index contributed by atoms with van der Waals surface area (Å²) in [5, 5.41) is 8.24. The minimum Gasteiger partial charge on any atom is -0.313 e. The number of para-hydroxylation sites is 2. The van der Waals surface area contributed by atoms with Gasteiger partial charge in [0.15, 0.2) is 0 Å². The Balaban J connectivity index is 1.08. The number of rotatable bonds is 8. The van der Waals surface area contributed by atoms with E-state index < -0.39 is 0 Å². The molecule has 10 aromatic carbocycles. The van der Waals surface area contributed by atoms with Crippen LogP contribution >= 0.6 is 0 Å². The summed E-state index contributed by atoms with van der Waals surface area (Å²) in [7, 11) is 0. The van der Waals surface area contributed by atoms with E-state index in [0.29, 0.717) is 0 Å². The Morgan fingerprint density at radius 3 is 2.07 bits per heavy atom. The topological polar surface area (TPSA) is 8.17 Å². The molecule has 11 rings (SSSR count). The first-order chi connectivity index (χ1) is 30.1. The molecule has 2 heteroatoms. The summed E-state index contributed by atoms with van der Waals surface area (Å²) in [6, 6.07) is 81.2. The fourth-order valence-corrected chi connectivity index (χ4v) is 9.32. The summed E-state index contributed by atoms with van der Waals surface area (Å²) in [5.74, 6) is 0. The average molecular weight is 777 g/mol. The fraction of sp³-hybridized carbons (Fsp3) is 0.0169. The molecule has 11 aromatic rings. The Labute approximate surface area is 356 Å². The lowest BCUT2D eigenvalue weighted by Crippen LogP contribution is -2.12. The maximum Gasteiger partial charge on any atom is 0.0540 e. The maximum absolute atomic E-state index is 4.14. The number of benzene rings is 9. The van der Waals surface area contributed by atoms with Gasteiger partial charge in [-0.2, -0.15) is 0 Å². The summed E-state index contributed by atoms with van der Waals surface area (Å²) >= 11 is 0. The monoisotopic (exact) mass is 776 g/mol. The number of aromatic nitrogens is 1. The summed E-state index contributed by atoms with van der Waals surface area (Å²) in [6.07, 6.45) is 1.97. The second-order valence-corrected chi connectivity index (χ2v) is 15.6. The Morgan fingerprint density at radius 1 is 0.492 bits per heavy atom. The molecule has 0 saturated heterocycles. The molecule has 0 unspecified atom stereocenters. The van der Waals surface area contributed by atoms with Gasteiger partial charge >= 0.3 is 0 Å². The Morgan fingerprint density at radius 2 is 1.20 bits per heavy atom. The quantitative estimate of drug-likeness (QED) is 0.149. The van der Waals surface area contributed by atoms with Gasteiger partial charge in [0, 0.05) is 49.9 Å². The molecule has 286 valence electrons. The van der Waals surface area contributed by atoms with E-state index in [-0.39, 0.29) is 0 Å². The van der Waals surface area contributed by atoms with Crippen molar-refractivity contribution in [2.75, 3.05) is 4.90 Å². The molecule has 0 saturated carbocycles. The van der Waals surface area contributed by atoms with E-state index in [4.69, 9.17) is 0 Å². The lowest BCUT2D eigenvalue weighted by atomic mass is 9.93. The van der Waals surface area contributed by atoms with Crippen molar-refractivity contribution in [2.24, 2.45) is 0 Å². The van der Waals surface area contributed by atoms with Crippen molar-refractivity contribution in [3.05, 3.63) is 236 Å². The van der Waals surface area contributed by atoms with Crippen LogP contribution in [0.15, 0.2) is 213 Å². The number of hydrogen-bond acceptors (Lipinski definition) is 1. The van der Waals surface area contributed by atoms with Crippen molar-refractivity contribution in [1.29, 1.82) is 0 Å². The summed E-state index contributed by atoms with van der Waals surface area (Å²) in [5.41, 5.74) is 14.8. The van der Waals surface area contributed by atoms with E-state index in [9.17, 15) is 0 Å². The standard InChI is InChI=1S/C59H40N2/c1-3-49-40(2)60(57-28-12-10-24-54(49)57)48-21-14-20-45(39-48)42-32-34-47(35-33-42)61(58-29-13-11-26-55(58)53-27-15-19-43-17-6-7-22-50(43)53)59-37-36-51(52-23-8-9-25-56(52)59)46-31-30-41-16-4-5-18-44(41)38-46/h3-6,8-21,23-39H,1H2,2H3. The minimum absolute atomic E-state index is 1.05. The van der Waals surface area contributed by atoms with Gasteiger partial charge < -0.3 is 9.47 Å². The summed E-state index contributed by atoms with van der Waals surface area (Å²) < 4.78 is 2.35. The van der Waals surface area contributed by atoms with Crippen molar-refractivity contribution in [1.82, 2.24) is 4.57 Å². The number of anilines is 3. The van der Waals surface area contributed by atoms with Gasteiger partial charge in [0.05, 0.1) is 16.9 Å². The zero-order chi connectivity index (χ0) is 40.9.